The number of tetrazole rings is 1. The van der Waals surface area contributed by atoms with Crippen LogP contribution in [0.4, 0.5) is 0 Å². The standard InChI is InChI=1S/C15H18N4O2/c1-10-12(15(20)21)8-5-9-13(10)19-14(16-17-18-19)11-6-3-2-4-7-11/h5,8-9,11H,2-4,6-7H2,1H3,(H,20,21). The van der Waals surface area contributed by atoms with Gasteiger partial charge in [0, 0.05) is 5.92 Å². The minimum atomic E-state index is -0.929. The zero-order valence-electron chi connectivity index (χ0n) is 12.0. The average molecular weight is 286 g/mol. The topological polar surface area (TPSA) is 80.9 Å². The number of carboxylic acid groups (broad SMARTS) is 1. The van der Waals surface area contributed by atoms with Crippen molar-refractivity contribution in [3.63, 3.8) is 0 Å². The van der Waals surface area contributed by atoms with E-state index >= 15 is 0 Å². The first kappa shape index (κ1) is 13.7. The summed E-state index contributed by atoms with van der Waals surface area (Å²) in [5.74, 6) is 0.281. The summed E-state index contributed by atoms with van der Waals surface area (Å²) in [6.07, 6.45) is 5.86. The second kappa shape index (κ2) is 5.63. The molecule has 0 atom stereocenters. The van der Waals surface area contributed by atoms with Crippen LogP contribution in [0.15, 0.2) is 18.2 Å². The van der Waals surface area contributed by atoms with Gasteiger partial charge in [-0.05, 0) is 47.9 Å². The molecular formula is C15H18N4O2. The summed E-state index contributed by atoms with van der Waals surface area (Å²) in [5, 5.41) is 21.3. The molecule has 1 heterocycles. The van der Waals surface area contributed by atoms with Crippen molar-refractivity contribution < 1.29 is 9.90 Å². The molecule has 3 rings (SSSR count). The highest BCUT2D eigenvalue weighted by Crippen LogP contribution is 2.32. The van der Waals surface area contributed by atoms with E-state index in [4.69, 9.17) is 0 Å². The molecule has 2 aromatic rings. The lowest BCUT2D eigenvalue weighted by atomic mass is 9.88. The van der Waals surface area contributed by atoms with Gasteiger partial charge in [-0.15, -0.1) is 5.10 Å². The van der Waals surface area contributed by atoms with Crippen LogP contribution in [0.3, 0.4) is 0 Å². The highest BCUT2D eigenvalue weighted by atomic mass is 16.4. The predicted octanol–water partition coefficient (Wildman–Crippen LogP) is 2.72. The lowest BCUT2D eigenvalue weighted by Crippen LogP contribution is -2.14. The number of nitrogens with zero attached hydrogens (tertiary/aromatic N) is 4. The van der Waals surface area contributed by atoms with Crippen molar-refractivity contribution in [3.8, 4) is 5.69 Å². The maximum Gasteiger partial charge on any atom is 0.336 e. The summed E-state index contributed by atoms with van der Waals surface area (Å²) in [5.41, 5.74) is 1.73. The molecule has 6 nitrogen and oxygen atoms in total. The third-order valence-corrected chi connectivity index (χ3v) is 4.23. The van der Waals surface area contributed by atoms with Crippen molar-refractivity contribution in [2.24, 2.45) is 0 Å². The Hall–Kier alpha value is -2.24. The van der Waals surface area contributed by atoms with Gasteiger partial charge in [0.2, 0.25) is 0 Å². The minimum absolute atomic E-state index is 0.289. The van der Waals surface area contributed by atoms with E-state index in [9.17, 15) is 9.90 Å². The van der Waals surface area contributed by atoms with Gasteiger partial charge in [-0.3, -0.25) is 0 Å². The van der Waals surface area contributed by atoms with E-state index in [0.717, 1.165) is 24.4 Å². The molecule has 1 aliphatic carbocycles. The molecule has 1 saturated carbocycles. The average Bonchev–Trinajstić information content (AvgIpc) is 2.97. The molecule has 110 valence electrons. The highest BCUT2D eigenvalue weighted by Gasteiger charge is 2.23. The first-order chi connectivity index (χ1) is 10.2. The van der Waals surface area contributed by atoms with Gasteiger partial charge in [-0.2, -0.15) is 4.68 Å². The zero-order chi connectivity index (χ0) is 14.8. The summed E-state index contributed by atoms with van der Waals surface area (Å²) in [4.78, 5) is 11.3. The Kier molecular flexibility index (Phi) is 3.68. The third kappa shape index (κ3) is 2.53. The largest absolute Gasteiger partial charge is 0.478 e. The Morgan fingerprint density at radius 3 is 2.76 bits per heavy atom. The van der Waals surface area contributed by atoms with Gasteiger partial charge in [-0.1, -0.05) is 25.3 Å². The van der Waals surface area contributed by atoms with Crippen LogP contribution in [0.2, 0.25) is 0 Å². The van der Waals surface area contributed by atoms with Crippen molar-refractivity contribution in [2.45, 2.75) is 44.9 Å². The molecule has 0 amide bonds. The maximum atomic E-state index is 11.3. The Bertz CT molecular complexity index is 659. The monoisotopic (exact) mass is 286 g/mol. The molecule has 1 aromatic carbocycles. The number of carbonyl (C=O) groups is 1. The first-order valence-electron chi connectivity index (χ1n) is 7.30. The summed E-state index contributed by atoms with van der Waals surface area (Å²) in [6.45, 7) is 1.80. The van der Waals surface area contributed by atoms with E-state index in [-0.39, 0.29) is 5.56 Å². The van der Waals surface area contributed by atoms with Gasteiger partial charge >= 0.3 is 5.97 Å². The summed E-state index contributed by atoms with van der Waals surface area (Å²) in [6, 6.07) is 5.20. The number of aromatic nitrogens is 4. The number of benzene rings is 1. The summed E-state index contributed by atoms with van der Waals surface area (Å²) >= 11 is 0. The van der Waals surface area contributed by atoms with Crippen molar-refractivity contribution in [3.05, 3.63) is 35.2 Å². The lowest BCUT2D eigenvalue weighted by molar-refractivity contribution is 0.0696. The number of hydrogen-bond acceptors (Lipinski definition) is 4. The molecular weight excluding hydrogens is 268 g/mol. The number of hydrogen-bond donors (Lipinski definition) is 1. The fourth-order valence-corrected chi connectivity index (χ4v) is 3.07. The molecule has 0 spiro atoms. The van der Waals surface area contributed by atoms with Crippen LogP contribution in [0, 0.1) is 6.92 Å². The Balaban J connectivity index is 2.04. The zero-order valence-corrected chi connectivity index (χ0v) is 12.0. The van der Waals surface area contributed by atoms with E-state index in [1.807, 2.05) is 6.07 Å². The highest BCUT2D eigenvalue weighted by molar-refractivity contribution is 5.90. The maximum absolute atomic E-state index is 11.3. The van der Waals surface area contributed by atoms with Gasteiger partial charge in [0.1, 0.15) is 0 Å². The van der Waals surface area contributed by atoms with Crippen LogP contribution in [0.25, 0.3) is 5.69 Å². The van der Waals surface area contributed by atoms with Gasteiger partial charge in [0.05, 0.1) is 11.3 Å². The fourth-order valence-electron chi connectivity index (χ4n) is 3.07. The van der Waals surface area contributed by atoms with E-state index in [1.165, 1.54) is 19.3 Å². The smallest absolute Gasteiger partial charge is 0.336 e. The van der Waals surface area contributed by atoms with E-state index < -0.39 is 5.97 Å². The van der Waals surface area contributed by atoms with E-state index in [1.54, 1.807) is 23.7 Å². The second-order valence-corrected chi connectivity index (χ2v) is 5.54. The van der Waals surface area contributed by atoms with Crippen molar-refractivity contribution >= 4 is 5.97 Å². The van der Waals surface area contributed by atoms with Crippen molar-refractivity contribution in [1.29, 1.82) is 0 Å². The molecule has 0 radical (unpaired) electrons. The molecule has 0 saturated heterocycles. The van der Waals surface area contributed by atoms with Gasteiger partial charge in [0.25, 0.3) is 0 Å². The molecule has 0 aliphatic heterocycles. The predicted molar refractivity (Wildman–Crippen MR) is 76.7 cm³/mol. The first-order valence-corrected chi connectivity index (χ1v) is 7.30. The van der Waals surface area contributed by atoms with Gasteiger partial charge in [-0.25, -0.2) is 4.79 Å². The fraction of sp³-hybridized carbons (Fsp3) is 0.467. The Labute approximate surface area is 122 Å². The third-order valence-electron chi connectivity index (χ3n) is 4.23. The molecule has 21 heavy (non-hydrogen) atoms. The van der Waals surface area contributed by atoms with Crippen molar-refractivity contribution in [1.82, 2.24) is 20.2 Å². The molecule has 1 aromatic heterocycles. The molecule has 6 heteroatoms. The lowest BCUT2D eigenvalue weighted by Gasteiger charge is -2.21. The number of aromatic carboxylic acids is 1. The number of rotatable bonds is 3. The van der Waals surface area contributed by atoms with E-state index in [0.29, 0.717) is 11.5 Å². The van der Waals surface area contributed by atoms with Crippen LogP contribution in [-0.2, 0) is 0 Å². The van der Waals surface area contributed by atoms with Crippen LogP contribution in [0.1, 0.15) is 59.8 Å². The summed E-state index contributed by atoms with van der Waals surface area (Å²) < 4.78 is 1.71. The van der Waals surface area contributed by atoms with Crippen LogP contribution in [-0.4, -0.2) is 31.3 Å². The van der Waals surface area contributed by atoms with E-state index in [2.05, 4.69) is 15.5 Å². The molecule has 1 aliphatic rings. The quantitative estimate of drug-likeness (QED) is 0.938. The molecule has 0 bridgehead atoms. The van der Waals surface area contributed by atoms with Gasteiger partial charge < -0.3 is 5.11 Å². The number of carboxylic acids is 1. The Morgan fingerprint density at radius 2 is 2.05 bits per heavy atom. The molecule has 1 fully saturated rings. The normalized spacial score (nSPS) is 16.0. The summed E-state index contributed by atoms with van der Waals surface area (Å²) in [7, 11) is 0. The second-order valence-electron chi connectivity index (χ2n) is 5.54. The molecule has 1 N–H and O–H groups in total. The minimum Gasteiger partial charge on any atom is -0.478 e. The van der Waals surface area contributed by atoms with Crippen LogP contribution < -0.4 is 0 Å². The molecule has 0 unspecified atom stereocenters. The van der Waals surface area contributed by atoms with Crippen LogP contribution >= 0.6 is 0 Å². The Morgan fingerprint density at radius 1 is 1.29 bits per heavy atom. The van der Waals surface area contributed by atoms with Crippen molar-refractivity contribution in [2.75, 3.05) is 0 Å². The SMILES string of the molecule is Cc1c(C(=O)O)cccc1-n1nnnc1C1CCCCC1. The van der Waals surface area contributed by atoms with Gasteiger partial charge in [0.15, 0.2) is 5.82 Å². The van der Waals surface area contributed by atoms with Crippen LogP contribution in [0.5, 0.6) is 0 Å².